The number of aromatic nitrogens is 1. The van der Waals surface area contributed by atoms with Crippen molar-refractivity contribution < 1.29 is 5.11 Å². The van der Waals surface area contributed by atoms with Gasteiger partial charge in [0.2, 0.25) is 0 Å². The summed E-state index contributed by atoms with van der Waals surface area (Å²) in [5.41, 5.74) is 2.43. The minimum atomic E-state index is 0.0407. The molecule has 1 N–H and O–H groups in total. The van der Waals surface area contributed by atoms with Crippen LogP contribution in [-0.2, 0) is 5.41 Å². The first kappa shape index (κ1) is 8.70. The summed E-state index contributed by atoms with van der Waals surface area (Å²) in [5.74, 6) is 0. The Morgan fingerprint density at radius 1 is 1.46 bits per heavy atom. The number of rotatable bonds is 2. The molecular formula is C11H15NO. The maximum absolute atomic E-state index is 9.35. The molecule has 1 saturated carbocycles. The Morgan fingerprint density at radius 2 is 2.23 bits per heavy atom. The molecule has 1 aromatic heterocycles. The van der Waals surface area contributed by atoms with E-state index < -0.39 is 0 Å². The standard InChI is InChI=1S/C11H15NO/c1-9-5-10(7-12-6-9)11(8-13)3-2-4-11/h5-7,13H,2-4,8H2,1H3. The number of pyridine rings is 1. The summed E-state index contributed by atoms with van der Waals surface area (Å²) in [5, 5.41) is 9.35. The summed E-state index contributed by atoms with van der Waals surface area (Å²) in [7, 11) is 0. The lowest BCUT2D eigenvalue weighted by molar-refractivity contribution is 0.120. The van der Waals surface area contributed by atoms with Gasteiger partial charge in [-0.15, -0.1) is 0 Å². The quantitative estimate of drug-likeness (QED) is 0.747. The summed E-state index contributed by atoms with van der Waals surface area (Å²) < 4.78 is 0. The van der Waals surface area contributed by atoms with Gasteiger partial charge in [0, 0.05) is 17.8 Å². The highest BCUT2D eigenvalue weighted by molar-refractivity contribution is 5.28. The lowest BCUT2D eigenvalue weighted by Crippen LogP contribution is -2.38. The van der Waals surface area contributed by atoms with Crippen molar-refractivity contribution >= 4 is 0 Å². The second kappa shape index (κ2) is 3.11. The van der Waals surface area contributed by atoms with E-state index >= 15 is 0 Å². The summed E-state index contributed by atoms with van der Waals surface area (Å²) in [6.45, 7) is 2.30. The fraction of sp³-hybridized carbons (Fsp3) is 0.545. The second-order valence-electron chi connectivity index (χ2n) is 4.04. The number of aryl methyl sites for hydroxylation is 1. The van der Waals surface area contributed by atoms with Crippen LogP contribution in [0.1, 0.15) is 30.4 Å². The number of hydrogen-bond donors (Lipinski definition) is 1. The first-order valence-corrected chi connectivity index (χ1v) is 4.80. The number of hydrogen-bond acceptors (Lipinski definition) is 2. The van der Waals surface area contributed by atoms with E-state index in [-0.39, 0.29) is 12.0 Å². The first-order chi connectivity index (χ1) is 6.27. The Hall–Kier alpha value is -0.890. The number of nitrogens with zero attached hydrogens (tertiary/aromatic N) is 1. The van der Waals surface area contributed by atoms with Crippen molar-refractivity contribution in [3.8, 4) is 0 Å². The third-order valence-electron chi connectivity index (χ3n) is 3.10. The van der Waals surface area contributed by atoms with Gasteiger partial charge in [0.25, 0.3) is 0 Å². The molecule has 2 heteroatoms. The Kier molecular flexibility index (Phi) is 2.08. The Balaban J connectivity index is 2.33. The Morgan fingerprint density at radius 3 is 2.69 bits per heavy atom. The molecule has 1 aromatic rings. The SMILES string of the molecule is Cc1cncc(C2(CO)CCC2)c1. The minimum Gasteiger partial charge on any atom is -0.395 e. The average Bonchev–Trinajstić information content (AvgIpc) is 2.03. The van der Waals surface area contributed by atoms with Crippen LogP contribution >= 0.6 is 0 Å². The molecule has 13 heavy (non-hydrogen) atoms. The van der Waals surface area contributed by atoms with Gasteiger partial charge in [-0.3, -0.25) is 4.98 Å². The topological polar surface area (TPSA) is 33.1 Å². The van der Waals surface area contributed by atoms with Gasteiger partial charge in [-0.1, -0.05) is 12.5 Å². The van der Waals surface area contributed by atoms with Crippen molar-refractivity contribution in [3.05, 3.63) is 29.6 Å². The van der Waals surface area contributed by atoms with Crippen molar-refractivity contribution in [2.75, 3.05) is 6.61 Å². The Labute approximate surface area is 78.6 Å². The monoisotopic (exact) mass is 177 g/mol. The summed E-state index contributed by atoms with van der Waals surface area (Å²) in [4.78, 5) is 4.17. The predicted molar refractivity (Wildman–Crippen MR) is 51.6 cm³/mol. The van der Waals surface area contributed by atoms with Gasteiger partial charge < -0.3 is 5.11 Å². The summed E-state index contributed by atoms with van der Waals surface area (Å²) in [6.07, 6.45) is 7.19. The van der Waals surface area contributed by atoms with Crippen molar-refractivity contribution in [2.45, 2.75) is 31.6 Å². The fourth-order valence-electron chi connectivity index (χ4n) is 1.99. The molecule has 1 heterocycles. The van der Waals surface area contributed by atoms with E-state index in [4.69, 9.17) is 0 Å². The van der Waals surface area contributed by atoms with Crippen LogP contribution in [0.3, 0.4) is 0 Å². The van der Waals surface area contributed by atoms with Gasteiger partial charge in [0.05, 0.1) is 6.61 Å². The molecule has 0 bridgehead atoms. The van der Waals surface area contributed by atoms with Crippen LogP contribution in [-0.4, -0.2) is 16.7 Å². The van der Waals surface area contributed by atoms with Gasteiger partial charge in [0.15, 0.2) is 0 Å². The zero-order valence-electron chi connectivity index (χ0n) is 7.95. The van der Waals surface area contributed by atoms with E-state index in [1.807, 2.05) is 19.3 Å². The number of aliphatic hydroxyl groups excluding tert-OH is 1. The van der Waals surface area contributed by atoms with Crippen LogP contribution in [0.5, 0.6) is 0 Å². The predicted octanol–water partition coefficient (Wildman–Crippen LogP) is 1.80. The first-order valence-electron chi connectivity index (χ1n) is 4.80. The van der Waals surface area contributed by atoms with E-state index in [0.29, 0.717) is 0 Å². The van der Waals surface area contributed by atoms with Crippen LogP contribution in [0, 0.1) is 6.92 Å². The molecule has 0 saturated heterocycles. The van der Waals surface area contributed by atoms with Gasteiger partial charge in [0.1, 0.15) is 0 Å². The smallest absolute Gasteiger partial charge is 0.0528 e. The minimum absolute atomic E-state index is 0.0407. The maximum atomic E-state index is 9.35. The van der Waals surface area contributed by atoms with E-state index in [1.54, 1.807) is 0 Å². The van der Waals surface area contributed by atoms with Gasteiger partial charge in [-0.25, -0.2) is 0 Å². The lowest BCUT2D eigenvalue weighted by Gasteiger charge is -2.40. The number of aliphatic hydroxyl groups is 1. The third kappa shape index (κ3) is 1.35. The zero-order valence-corrected chi connectivity index (χ0v) is 7.95. The van der Waals surface area contributed by atoms with Gasteiger partial charge >= 0.3 is 0 Å². The highest BCUT2D eigenvalue weighted by atomic mass is 16.3. The van der Waals surface area contributed by atoms with E-state index in [0.717, 1.165) is 12.8 Å². The molecule has 0 amide bonds. The molecule has 1 aliphatic rings. The van der Waals surface area contributed by atoms with Crippen LogP contribution in [0.15, 0.2) is 18.5 Å². The molecule has 0 aromatic carbocycles. The molecule has 1 fully saturated rings. The summed E-state index contributed by atoms with van der Waals surface area (Å²) in [6, 6.07) is 2.14. The second-order valence-corrected chi connectivity index (χ2v) is 4.04. The van der Waals surface area contributed by atoms with E-state index in [9.17, 15) is 5.11 Å². The molecule has 0 spiro atoms. The highest BCUT2D eigenvalue weighted by Crippen LogP contribution is 2.42. The van der Waals surface area contributed by atoms with Crippen molar-refractivity contribution in [3.63, 3.8) is 0 Å². The largest absolute Gasteiger partial charge is 0.395 e. The van der Waals surface area contributed by atoms with E-state index in [1.165, 1.54) is 17.5 Å². The fourth-order valence-corrected chi connectivity index (χ4v) is 1.99. The van der Waals surface area contributed by atoms with Crippen LogP contribution in [0.25, 0.3) is 0 Å². The van der Waals surface area contributed by atoms with Gasteiger partial charge in [-0.05, 0) is 30.9 Å². The summed E-state index contributed by atoms with van der Waals surface area (Å²) >= 11 is 0. The molecule has 0 atom stereocenters. The third-order valence-corrected chi connectivity index (χ3v) is 3.10. The lowest BCUT2D eigenvalue weighted by atomic mass is 9.65. The molecule has 1 aliphatic carbocycles. The Bertz CT molecular complexity index is 299. The molecule has 2 rings (SSSR count). The molecule has 2 nitrogen and oxygen atoms in total. The average molecular weight is 177 g/mol. The van der Waals surface area contributed by atoms with Crippen molar-refractivity contribution in [1.82, 2.24) is 4.98 Å². The maximum Gasteiger partial charge on any atom is 0.0528 e. The van der Waals surface area contributed by atoms with Crippen LogP contribution < -0.4 is 0 Å². The molecule has 0 aliphatic heterocycles. The molecule has 0 radical (unpaired) electrons. The molecule has 70 valence electrons. The van der Waals surface area contributed by atoms with Gasteiger partial charge in [-0.2, -0.15) is 0 Å². The zero-order chi connectivity index (χ0) is 9.31. The normalized spacial score (nSPS) is 19.5. The molecule has 0 unspecified atom stereocenters. The highest BCUT2D eigenvalue weighted by Gasteiger charge is 2.38. The van der Waals surface area contributed by atoms with Crippen molar-refractivity contribution in [2.24, 2.45) is 0 Å². The molecular weight excluding hydrogens is 162 g/mol. The van der Waals surface area contributed by atoms with E-state index in [2.05, 4.69) is 11.1 Å². The van der Waals surface area contributed by atoms with Crippen LogP contribution in [0.4, 0.5) is 0 Å². The van der Waals surface area contributed by atoms with Crippen molar-refractivity contribution in [1.29, 1.82) is 0 Å². The van der Waals surface area contributed by atoms with Crippen LogP contribution in [0.2, 0.25) is 0 Å².